The zero-order chi connectivity index (χ0) is 33.0. The van der Waals surface area contributed by atoms with Gasteiger partial charge in [-0.25, -0.2) is 14.8 Å². The molecular weight excluding hydrogens is 599 g/mol. The summed E-state index contributed by atoms with van der Waals surface area (Å²) in [5.41, 5.74) is 6.25. The number of carbonyl (C=O) groups excluding carboxylic acids is 3. The summed E-state index contributed by atoms with van der Waals surface area (Å²) >= 11 is 0. The standard InChI is InChI=1S/C28H25N5O5.C2HF3O2/c29-17-18-8-10-20(11-9-18)25(34)33-24(26(35)32-22-6-2-5-21(16-22)27(36)37)15-19-4-1-7-23(14-19)38-28-30-12-3-13-31-28;3-2(4,5)1(6)7/h1-14,16,24H,15,17,29H2,(H,32,35)(H,33,34)(H,36,37);(H,6,7). The van der Waals surface area contributed by atoms with Crippen molar-refractivity contribution in [2.45, 2.75) is 25.2 Å². The number of halogens is 3. The lowest BCUT2D eigenvalue weighted by Gasteiger charge is -2.19. The molecule has 4 aromatic rings. The highest BCUT2D eigenvalue weighted by atomic mass is 19.4. The summed E-state index contributed by atoms with van der Waals surface area (Å²) in [4.78, 5) is 54.5. The van der Waals surface area contributed by atoms with Crippen LogP contribution in [0.3, 0.4) is 0 Å². The number of aromatic nitrogens is 2. The predicted octanol–water partition coefficient (Wildman–Crippen LogP) is 1.99. The maximum atomic E-state index is 13.3. The average molecular weight is 626 g/mol. The SMILES string of the molecule is O=C([O-])C(F)(F)F.[NH3+]Cc1ccc(C(=O)NC(Cc2cccc(Oc3ncccn3)c2)C(=O)Nc2cccc(C(=O)O)c2)cc1. The van der Waals surface area contributed by atoms with Gasteiger partial charge in [0.25, 0.3) is 5.91 Å². The van der Waals surface area contributed by atoms with Gasteiger partial charge in [0.2, 0.25) is 5.91 Å². The quantitative estimate of drug-likeness (QED) is 0.204. The number of benzene rings is 3. The van der Waals surface area contributed by atoms with Crippen LogP contribution in [0.25, 0.3) is 0 Å². The van der Waals surface area contributed by atoms with Crippen molar-refractivity contribution in [2.24, 2.45) is 0 Å². The molecule has 1 aromatic heterocycles. The molecule has 0 spiro atoms. The van der Waals surface area contributed by atoms with Gasteiger partial charge >= 0.3 is 18.2 Å². The minimum absolute atomic E-state index is 0.0295. The summed E-state index contributed by atoms with van der Waals surface area (Å²) in [6.45, 7) is 0.592. The van der Waals surface area contributed by atoms with Gasteiger partial charge in [0.05, 0.1) is 12.1 Å². The number of quaternary nitrogens is 1. The second-order valence-corrected chi connectivity index (χ2v) is 9.12. The molecule has 1 atom stereocenters. The van der Waals surface area contributed by atoms with Gasteiger partial charge in [0.1, 0.15) is 17.8 Å². The number of carbonyl (C=O) groups is 4. The Labute approximate surface area is 253 Å². The number of alkyl halides is 3. The monoisotopic (exact) mass is 625 g/mol. The van der Waals surface area contributed by atoms with Crippen molar-refractivity contribution >= 4 is 29.4 Å². The van der Waals surface area contributed by atoms with Crippen LogP contribution < -0.4 is 26.2 Å². The number of hydrogen-bond donors (Lipinski definition) is 4. The molecule has 0 aliphatic rings. The highest BCUT2D eigenvalue weighted by Crippen LogP contribution is 2.20. The van der Waals surface area contributed by atoms with E-state index in [1.54, 1.807) is 73.1 Å². The molecule has 234 valence electrons. The maximum absolute atomic E-state index is 13.3. The Balaban J connectivity index is 0.000000707. The van der Waals surface area contributed by atoms with Gasteiger partial charge in [0, 0.05) is 35.6 Å². The van der Waals surface area contributed by atoms with Crippen molar-refractivity contribution in [1.29, 1.82) is 0 Å². The summed E-state index contributed by atoms with van der Waals surface area (Å²) < 4.78 is 37.2. The lowest BCUT2D eigenvalue weighted by atomic mass is 10.0. The first-order valence-corrected chi connectivity index (χ1v) is 13.0. The third-order valence-electron chi connectivity index (χ3n) is 5.82. The van der Waals surface area contributed by atoms with Crippen LogP contribution in [-0.4, -0.2) is 51.0 Å². The van der Waals surface area contributed by atoms with Gasteiger partial charge in [-0.05, 0) is 54.1 Å². The number of amides is 2. The van der Waals surface area contributed by atoms with Crippen molar-refractivity contribution in [3.63, 3.8) is 0 Å². The molecule has 0 saturated carbocycles. The predicted molar refractivity (Wildman–Crippen MR) is 150 cm³/mol. The Morgan fingerprint density at radius 1 is 0.889 bits per heavy atom. The molecular formula is C30H26F3N5O7. The highest BCUT2D eigenvalue weighted by Gasteiger charge is 2.29. The summed E-state index contributed by atoms with van der Waals surface area (Å²) in [5, 5.41) is 23.6. The fraction of sp³-hybridized carbons (Fsp3) is 0.133. The first-order valence-electron chi connectivity index (χ1n) is 13.0. The van der Waals surface area contributed by atoms with E-state index in [0.29, 0.717) is 29.1 Å². The van der Waals surface area contributed by atoms with Gasteiger partial charge in [-0.2, -0.15) is 13.2 Å². The molecule has 0 aliphatic heterocycles. The first kappa shape index (κ1) is 33.7. The third-order valence-corrected chi connectivity index (χ3v) is 5.82. The number of rotatable bonds is 10. The first-order chi connectivity index (χ1) is 21.3. The van der Waals surface area contributed by atoms with Crippen LogP contribution in [0.2, 0.25) is 0 Å². The number of carboxylic acids is 2. The summed E-state index contributed by atoms with van der Waals surface area (Å²) in [6.07, 6.45) is -1.93. The molecule has 0 saturated heterocycles. The largest absolute Gasteiger partial charge is 0.542 e. The molecule has 4 rings (SSSR count). The number of anilines is 1. The van der Waals surface area contributed by atoms with Gasteiger partial charge < -0.3 is 36.1 Å². The summed E-state index contributed by atoms with van der Waals surface area (Å²) in [7, 11) is 0. The Morgan fingerprint density at radius 2 is 1.53 bits per heavy atom. The van der Waals surface area contributed by atoms with Crippen molar-refractivity contribution < 1.29 is 53.0 Å². The van der Waals surface area contributed by atoms with E-state index in [9.17, 15) is 32.7 Å². The number of hydrogen-bond acceptors (Lipinski definition) is 8. The van der Waals surface area contributed by atoms with Gasteiger partial charge in [-0.15, -0.1) is 0 Å². The van der Waals surface area contributed by atoms with Crippen molar-refractivity contribution in [3.8, 4) is 11.8 Å². The Kier molecular flexibility index (Phi) is 11.7. The number of carboxylic acid groups (broad SMARTS) is 2. The second kappa shape index (κ2) is 15.6. The van der Waals surface area contributed by atoms with E-state index in [1.165, 1.54) is 18.2 Å². The molecule has 6 N–H and O–H groups in total. The van der Waals surface area contributed by atoms with E-state index in [-0.39, 0.29) is 18.0 Å². The minimum atomic E-state index is -5.19. The molecule has 0 bridgehead atoms. The van der Waals surface area contributed by atoms with Crippen LogP contribution >= 0.6 is 0 Å². The molecule has 0 fully saturated rings. The van der Waals surface area contributed by atoms with E-state index in [1.807, 2.05) is 0 Å². The molecule has 0 aliphatic carbocycles. The Bertz CT molecular complexity index is 1640. The molecule has 1 heterocycles. The molecule has 0 radical (unpaired) electrons. The van der Waals surface area contributed by atoms with Crippen molar-refractivity contribution in [3.05, 3.63) is 114 Å². The number of nitrogens with zero attached hydrogens (tertiary/aromatic N) is 2. The topological polar surface area (TPSA) is 198 Å². The Morgan fingerprint density at radius 3 is 2.13 bits per heavy atom. The zero-order valence-electron chi connectivity index (χ0n) is 23.3. The van der Waals surface area contributed by atoms with E-state index < -0.39 is 36.0 Å². The maximum Gasteiger partial charge on any atom is 0.430 e. The molecule has 2 amide bonds. The lowest BCUT2D eigenvalue weighted by molar-refractivity contribution is -0.386. The smallest absolute Gasteiger partial charge is 0.430 e. The van der Waals surface area contributed by atoms with Crippen LogP contribution in [0, 0.1) is 0 Å². The van der Waals surface area contributed by atoms with E-state index in [2.05, 4.69) is 26.3 Å². The molecule has 45 heavy (non-hydrogen) atoms. The number of aromatic carboxylic acids is 1. The van der Waals surface area contributed by atoms with Gasteiger partial charge in [0.15, 0.2) is 0 Å². The third kappa shape index (κ3) is 10.7. The van der Waals surface area contributed by atoms with Crippen molar-refractivity contribution in [1.82, 2.24) is 15.3 Å². The fourth-order valence-corrected chi connectivity index (χ4v) is 3.65. The van der Waals surface area contributed by atoms with Gasteiger partial charge in [-0.1, -0.05) is 30.3 Å². The van der Waals surface area contributed by atoms with Gasteiger partial charge in [-0.3, -0.25) is 9.59 Å². The highest BCUT2D eigenvalue weighted by molar-refractivity contribution is 6.01. The summed E-state index contributed by atoms with van der Waals surface area (Å²) in [5.74, 6) is -4.58. The van der Waals surface area contributed by atoms with Crippen molar-refractivity contribution in [2.75, 3.05) is 5.32 Å². The zero-order valence-corrected chi connectivity index (χ0v) is 23.3. The van der Waals surface area contributed by atoms with Crippen LogP contribution in [0.15, 0.2) is 91.3 Å². The molecule has 1 unspecified atom stereocenters. The normalized spacial score (nSPS) is 11.3. The van der Waals surface area contributed by atoms with E-state index in [0.717, 1.165) is 5.56 Å². The fourth-order valence-electron chi connectivity index (χ4n) is 3.65. The van der Waals surface area contributed by atoms with Crippen LogP contribution in [0.4, 0.5) is 18.9 Å². The Hall–Kier alpha value is -5.83. The van der Waals surface area contributed by atoms with E-state index >= 15 is 0 Å². The average Bonchev–Trinajstić information content (AvgIpc) is 3.01. The van der Waals surface area contributed by atoms with Crippen LogP contribution in [0.1, 0.15) is 31.8 Å². The van der Waals surface area contributed by atoms with Crippen LogP contribution in [0.5, 0.6) is 11.8 Å². The molecule has 15 heteroatoms. The number of aliphatic carboxylic acids is 1. The van der Waals surface area contributed by atoms with Crippen LogP contribution in [-0.2, 0) is 22.6 Å². The number of ether oxygens (including phenoxy) is 1. The molecule has 12 nitrogen and oxygen atoms in total. The lowest BCUT2D eigenvalue weighted by Crippen LogP contribution is -2.47. The summed E-state index contributed by atoms with van der Waals surface area (Å²) in [6, 6.07) is 20.8. The molecule has 3 aromatic carbocycles. The number of nitrogens with one attached hydrogen (secondary N) is 2. The minimum Gasteiger partial charge on any atom is -0.542 e. The van der Waals surface area contributed by atoms with E-state index in [4.69, 9.17) is 14.6 Å². The second-order valence-electron chi connectivity index (χ2n) is 9.12.